The minimum atomic E-state index is -0.724. The van der Waals surface area contributed by atoms with Crippen molar-refractivity contribution in [3.05, 3.63) is 76.6 Å². The first-order chi connectivity index (χ1) is 13.8. The van der Waals surface area contributed by atoms with Gasteiger partial charge in [0, 0.05) is 12.6 Å². The van der Waals surface area contributed by atoms with Crippen LogP contribution in [-0.4, -0.2) is 27.8 Å². The van der Waals surface area contributed by atoms with E-state index in [1.807, 2.05) is 12.1 Å². The summed E-state index contributed by atoms with van der Waals surface area (Å²) in [4.78, 5) is 12.2. The third-order valence-corrected chi connectivity index (χ3v) is 4.47. The Morgan fingerprint density at radius 3 is 2.17 bits per heavy atom. The number of rotatable bonds is 6. The van der Waals surface area contributed by atoms with E-state index in [2.05, 4.69) is 5.32 Å². The van der Waals surface area contributed by atoms with Gasteiger partial charge in [0.15, 0.2) is 5.75 Å². The monoisotopic (exact) mass is 417 g/mol. The van der Waals surface area contributed by atoms with E-state index in [4.69, 9.17) is 16.3 Å². The van der Waals surface area contributed by atoms with Gasteiger partial charge in [-0.25, -0.2) is 4.39 Å². The largest absolute Gasteiger partial charge is 0.507 e. The molecule has 0 heterocycles. The van der Waals surface area contributed by atoms with Crippen LogP contribution in [0.5, 0.6) is 28.7 Å². The summed E-state index contributed by atoms with van der Waals surface area (Å²) in [6.45, 7) is 0.231. The Morgan fingerprint density at radius 2 is 1.55 bits per heavy atom. The summed E-state index contributed by atoms with van der Waals surface area (Å²) in [5.74, 6) is -1.77. The summed E-state index contributed by atoms with van der Waals surface area (Å²) in [5.41, 5.74) is 0.504. The molecule has 0 aliphatic rings. The minimum Gasteiger partial charge on any atom is -0.507 e. The van der Waals surface area contributed by atoms with E-state index in [1.165, 1.54) is 24.3 Å². The lowest BCUT2D eigenvalue weighted by molar-refractivity contribution is 0.0948. The number of ether oxygens (including phenoxy) is 1. The number of phenols is 3. The summed E-state index contributed by atoms with van der Waals surface area (Å²) < 4.78 is 18.5. The number of hydrogen-bond donors (Lipinski definition) is 4. The molecule has 8 heteroatoms. The molecule has 0 atom stereocenters. The van der Waals surface area contributed by atoms with E-state index in [9.17, 15) is 24.5 Å². The Morgan fingerprint density at radius 1 is 0.966 bits per heavy atom. The van der Waals surface area contributed by atoms with E-state index < -0.39 is 33.7 Å². The fourth-order valence-corrected chi connectivity index (χ4v) is 2.76. The van der Waals surface area contributed by atoms with Crippen molar-refractivity contribution in [1.29, 1.82) is 0 Å². The zero-order valence-electron chi connectivity index (χ0n) is 15.0. The molecule has 0 saturated carbocycles. The van der Waals surface area contributed by atoms with Gasteiger partial charge in [0.05, 0.1) is 0 Å². The molecule has 0 fully saturated rings. The molecule has 3 aromatic rings. The second-order valence-electron chi connectivity index (χ2n) is 6.16. The third kappa shape index (κ3) is 4.89. The molecule has 0 unspecified atom stereocenters. The summed E-state index contributed by atoms with van der Waals surface area (Å²) in [6, 6.07) is 13.7. The first kappa shape index (κ1) is 20.3. The van der Waals surface area contributed by atoms with E-state index in [1.54, 1.807) is 12.1 Å². The molecule has 3 rings (SSSR count). The van der Waals surface area contributed by atoms with Crippen LogP contribution in [0.1, 0.15) is 15.9 Å². The lowest BCUT2D eigenvalue weighted by Crippen LogP contribution is -2.25. The number of hydrogen-bond acceptors (Lipinski definition) is 5. The van der Waals surface area contributed by atoms with Crippen molar-refractivity contribution in [3.63, 3.8) is 0 Å². The summed E-state index contributed by atoms with van der Waals surface area (Å²) >= 11 is 5.69. The van der Waals surface area contributed by atoms with Gasteiger partial charge in [-0.3, -0.25) is 4.79 Å². The number of amides is 1. The average Bonchev–Trinajstić information content (AvgIpc) is 2.69. The maximum Gasteiger partial charge on any atom is 0.258 e. The first-order valence-electron chi connectivity index (χ1n) is 8.59. The van der Waals surface area contributed by atoms with Crippen LogP contribution in [0.3, 0.4) is 0 Å². The van der Waals surface area contributed by atoms with Crippen LogP contribution in [0.4, 0.5) is 4.39 Å². The minimum absolute atomic E-state index is 0.231. The average molecular weight is 418 g/mol. The molecule has 0 radical (unpaired) electrons. The van der Waals surface area contributed by atoms with Crippen molar-refractivity contribution in [3.8, 4) is 28.7 Å². The van der Waals surface area contributed by atoms with Gasteiger partial charge in [-0.2, -0.15) is 0 Å². The molecule has 0 bridgehead atoms. The van der Waals surface area contributed by atoms with Crippen LogP contribution in [0.25, 0.3) is 0 Å². The Hall–Kier alpha value is -3.45. The van der Waals surface area contributed by atoms with Gasteiger partial charge in [0.1, 0.15) is 39.4 Å². The quantitative estimate of drug-likeness (QED) is 0.477. The molecule has 6 nitrogen and oxygen atoms in total. The van der Waals surface area contributed by atoms with Gasteiger partial charge in [-0.15, -0.1) is 0 Å². The second kappa shape index (κ2) is 8.70. The normalized spacial score (nSPS) is 10.6. The SMILES string of the molecule is O=C(NCCc1ccc(Oc2ccc(F)cc2)cc1)c1c(O)cc(O)c(Cl)c1O. The van der Waals surface area contributed by atoms with Crippen LogP contribution in [0.2, 0.25) is 5.02 Å². The van der Waals surface area contributed by atoms with Gasteiger partial charge in [0.2, 0.25) is 0 Å². The topological polar surface area (TPSA) is 99.0 Å². The van der Waals surface area contributed by atoms with Crippen molar-refractivity contribution in [2.75, 3.05) is 6.54 Å². The molecular formula is C21H17ClFNO5. The predicted octanol–water partition coefficient (Wildman–Crippen LogP) is 4.36. The zero-order valence-corrected chi connectivity index (χ0v) is 15.8. The van der Waals surface area contributed by atoms with Crippen molar-refractivity contribution in [2.45, 2.75) is 6.42 Å². The first-order valence-corrected chi connectivity index (χ1v) is 8.97. The summed E-state index contributed by atoms with van der Waals surface area (Å²) in [7, 11) is 0. The highest BCUT2D eigenvalue weighted by Gasteiger charge is 2.21. The summed E-state index contributed by atoms with van der Waals surface area (Å²) in [6.07, 6.45) is 0.482. The molecule has 0 spiro atoms. The molecule has 0 aliphatic carbocycles. The van der Waals surface area contributed by atoms with Crippen molar-refractivity contribution >= 4 is 17.5 Å². The van der Waals surface area contributed by atoms with Crippen LogP contribution in [0, 0.1) is 5.82 Å². The Kier molecular flexibility index (Phi) is 6.09. The van der Waals surface area contributed by atoms with Crippen LogP contribution in [0.15, 0.2) is 54.6 Å². The highest BCUT2D eigenvalue weighted by Crippen LogP contribution is 2.40. The van der Waals surface area contributed by atoms with Crippen LogP contribution in [-0.2, 0) is 6.42 Å². The highest BCUT2D eigenvalue weighted by atomic mass is 35.5. The maximum absolute atomic E-state index is 12.9. The predicted molar refractivity (Wildman–Crippen MR) is 105 cm³/mol. The fourth-order valence-electron chi connectivity index (χ4n) is 2.61. The Balaban J connectivity index is 1.56. The number of benzene rings is 3. The van der Waals surface area contributed by atoms with Gasteiger partial charge in [-0.05, 0) is 48.4 Å². The molecule has 1 amide bonds. The molecule has 29 heavy (non-hydrogen) atoms. The van der Waals surface area contributed by atoms with Gasteiger partial charge in [-0.1, -0.05) is 23.7 Å². The maximum atomic E-state index is 12.9. The number of aromatic hydroxyl groups is 3. The van der Waals surface area contributed by atoms with Crippen LogP contribution >= 0.6 is 11.6 Å². The smallest absolute Gasteiger partial charge is 0.258 e. The van der Waals surface area contributed by atoms with Crippen molar-refractivity contribution in [1.82, 2.24) is 5.32 Å². The van der Waals surface area contributed by atoms with Crippen molar-refractivity contribution < 1.29 is 29.2 Å². The van der Waals surface area contributed by atoms with Crippen molar-refractivity contribution in [2.24, 2.45) is 0 Å². The number of halogens is 2. The molecular weight excluding hydrogens is 401 g/mol. The van der Waals surface area contributed by atoms with Crippen LogP contribution < -0.4 is 10.1 Å². The van der Waals surface area contributed by atoms with Gasteiger partial charge in [0.25, 0.3) is 5.91 Å². The van der Waals surface area contributed by atoms with Gasteiger partial charge < -0.3 is 25.4 Å². The lowest BCUT2D eigenvalue weighted by Gasteiger charge is -2.11. The third-order valence-electron chi connectivity index (χ3n) is 4.10. The molecule has 0 saturated heterocycles. The van der Waals surface area contributed by atoms with E-state index in [-0.39, 0.29) is 12.4 Å². The number of carbonyl (C=O) groups is 1. The highest BCUT2D eigenvalue weighted by molar-refractivity contribution is 6.34. The lowest BCUT2D eigenvalue weighted by atomic mass is 10.1. The van der Waals surface area contributed by atoms with E-state index in [0.717, 1.165) is 11.6 Å². The Labute approximate surface area is 170 Å². The molecule has 0 aliphatic heterocycles. The molecule has 0 aromatic heterocycles. The summed E-state index contributed by atoms with van der Waals surface area (Å²) in [5, 5.41) is 31.2. The second-order valence-corrected chi connectivity index (χ2v) is 6.54. The molecule has 3 aromatic carbocycles. The molecule has 4 N–H and O–H groups in total. The van der Waals surface area contributed by atoms with Gasteiger partial charge >= 0.3 is 0 Å². The number of carbonyl (C=O) groups excluding carboxylic acids is 1. The number of nitrogens with one attached hydrogen (secondary N) is 1. The Bertz CT molecular complexity index is 1020. The zero-order chi connectivity index (χ0) is 21.0. The fraction of sp³-hybridized carbons (Fsp3) is 0.0952. The van der Waals surface area contributed by atoms with E-state index >= 15 is 0 Å². The standard InChI is InChI=1S/C21H17ClFNO5/c22-19-17(26)11-16(25)18(20(19)27)21(28)24-10-9-12-1-5-14(6-2-12)29-15-7-3-13(23)4-8-15/h1-8,11,25-27H,9-10H2,(H,24,28). The number of phenolic OH excluding ortho intramolecular Hbond substituents is 3. The van der Waals surface area contributed by atoms with E-state index in [0.29, 0.717) is 17.9 Å². The molecule has 150 valence electrons.